The fourth-order valence-electron chi connectivity index (χ4n) is 1.19. The molecule has 0 saturated heterocycles. The van der Waals surface area contributed by atoms with Gasteiger partial charge in [0, 0.05) is 22.4 Å². The van der Waals surface area contributed by atoms with E-state index in [0.29, 0.717) is 5.56 Å². The van der Waals surface area contributed by atoms with Crippen LogP contribution in [0, 0.1) is 0 Å². The first kappa shape index (κ1) is 9.98. The highest BCUT2D eigenvalue weighted by atomic mass is 79.9. The average molecular weight is 265 g/mol. The molecule has 1 N–H and O–H groups in total. The number of hydrogen-bond donors (Lipinski definition) is 1. The fourth-order valence-corrected chi connectivity index (χ4v) is 1.46. The number of carbonyl (C=O) groups is 1. The van der Waals surface area contributed by atoms with E-state index in [9.17, 15) is 4.79 Å². The van der Waals surface area contributed by atoms with Crippen LogP contribution in [0.3, 0.4) is 0 Å². The first-order valence-corrected chi connectivity index (χ1v) is 5.25. The Kier molecular flexibility index (Phi) is 2.87. The van der Waals surface area contributed by atoms with Crippen LogP contribution in [0.1, 0.15) is 10.4 Å². The van der Waals surface area contributed by atoms with Gasteiger partial charge in [0.15, 0.2) is 0 Å². The molecule has 15 heavy (non-hydrogen) atoms. The number of nitrogens with one attached hydrogen (secondary N) is 1. The lowest BCUT2D eigenvalue weighted by Gasteiger charge is -2.05. The van der Waals surface area contributed by atoms with Crippen LogP contribution in [0.25, 0.3) is 0 Å². The van der Waals surface area contributed by atoms with Gasteiger partial charge >= 0.3 is 0 Å². The van der Waals surface area contributed by atoms with Gasteiger partial charge in [0.05, 0.1) is 0 Å². The Labute approximate surface area is 95.8 Å². The van der Waals surface area contributed by atoms with Crippen LogP contribution in [-0.2, 0) is 0 Å². The van der Waals surface area contributed by atoms with E-state index in [1.165, 1.54) is 0 Å². The number of benzene rings is 1. The third-order valence-corrected chi connectivity index (χ3v) is 2.47. The van der Waals surface area contributed by atoms with Crippen molar-refractivity contribution in [3.05, 3.63) is 58.8 Å². The lowest BCUT2D eigenvalue weighted by molar-refractivity contribution is 0.101. The van der Waals surface area contributed by atoms with Gasteiger partial charge in [0.2, 0.25) is 0 Å². The second-order valence-electron chi connectivity index (χ2n) is 3.04. The van der Waals surface area contributed by atoms with E-state index in [2.05, 4.69) is 21.4 Å². The van der Waals surface area contributed by atoms with Crippen molar-refractivity contribution >= 4 is 21.8 Å². The van der Waals surface area contributed by atoms with Crippen molar-refractivity contribution in [2.24, 2.45) is 0 Å². The lowest BCUT2D eigenvalue weighted by atomic mass is 10.2. The molecule has 0 aliphatic carbocycles. The van der Waals surface area contributed by atoms with Gasteiger partial charge in [0.1, 0.15) is 0 Å². The molecule has 0 aliphatic rings. The Morgan fingerprint density at radius 3 is 2.33 bits per heavy atom. The van der Waals surface area contributed by atoms with Crippen molar-refractivity contribution in [2.75, 3.05) is 5.43 Å². The van der Waals surface area contributed by atoms with Crippen LogP contribution in [0.4, 0.5) is 0 Å². The summed E-state index contributed by atoms with van der Waals surface area (Å²) in [6.45, 7) is 0. The molecule has 0 fully saturated rings. The summed E-state index contributed by atoms with van der Waals surface area (Å²) in [6, 6.07) is 10.9. The molecule has 3 nitrogen and oxygen atoms in total. The van der Waals surface area contributed by atoms with E-state index in [0.717, 1.165) is 4.47 Å². The molecular weight excluding hydrogens is 256 g/mol. The molecular formula is C11H9BrN2O. The van der Waals surface area contributed by atoms with Gasteiger partial charge in [-0.1, -0.05) is 15.9 Å². The molecule has 0 aliphatic heterocycles. The molecule has 0 saturated carbocycles. The second-order valence-corrected chi connectivity index (χ2v) is 3.95. The normalized spacial score (nSPS) is 9.93. The highest BCUT2D eigenvalue weighted by Gasteiger charge is 2.04. The maximum absolute atomic E-state index is 11.7. The fraction of sp³-hybridized carbons (Fsp3) is 0. The molecule has 0 atom stereocenters. The molecule has 1 aromatic carbocycles. The Hall–Kier alpha value is -1.55. The van der Waals surface area contributed by atoms with Gasteiger partial charge in [-0.2, -0.15) is 0 Å². The summed E-state index contributed by atoms with van der Waals surface area (Å²) >= 11 is 3.32. The molecule has 2 rings (SSSR count). The Morgan fingerprint density at radius 2 is 1.73 bits per heavy atom. The van der Waals surface area contributed by atoms with Gasteiger partial charge in [-0.3, -0.25) is 14.9 Å². The van der Waals surface area contributed by atoms with Crippen LogP contribution >= 0.6 is 15.9 Å². The summed E-state index contributed by atoms with van der Waals surface area (Å²) < 4.78 is 2.57. The van der Waals surface area contributed by atoms with Crippen LogP contribution in [0.2, 0.25) is 0 Å². The van der Waals surface area contributed by atoms with Crippen LogP contribution in [0.5, 0.6) is 0 Å². The summed E-state index contributed by atoms with van der Waals surface area (Å²) in [7, 11) is 0. The zero-order chi connectivity index (χ0) is 10.7. The first-order valence-electron chi connectivity index (χ1n) is 4.45. The smallest absolute Gasteiger partial charge is 0.268 e. The maximum Gasteiger partial charge on any atom is 0.270 e. The standard InChI is InChI=1S/C11H9BrN2O/c12-10-5-3-9(4-6-10)11(15)13-14-7-1-2-8-14/h1-8H,(H,13,15). The van der Waals surface area contributed by atoms with Gasteiger partial charge in [-0.15, -0.1) is 0 Å². The molecule has 76 valence electrons. The zero-order valence-electron chi connectivity index (χ0n) is 7.85. The molecule has 0 radical (unpaired) electrons. The molecule has 0 spiro atoms. The number of carbonyl (C=O) groups excluding carboxylic acids is 1. The number of hydrogen-bond acceptors (Lipinski definition) is 1. The third-order valence-electron chi connectivity index (χ3n) is 1.94. The predicted octanol–water partition coefficient (Wildman–Crippen LogP) is 2.63. The summed E-state index contributed by atoms with van der Waals surface area (Å²) in [4.78, 5) is 11.7. The minimum absolute atomic E-state index is 0.126. The van der Waals surface area contributed by atoms with Crippen LogP contribution < -0.4 is 5.43 Å². The molecule has 0 unspecified atom stereocenters. The number of rotatable bonds is 2. The largest absolute Gasteiger partial charge is 0.270 e. The van der Waals surface area contributed by atoms with E-state index < -0.39 is 0 Å². The summed E-state index contributed by atoms with van der Waals surface area (Å²) in [5, 5.41) is 0. The quantitative estimate of drug-likeness (QED) is 0.889. The van der Waals surface area contributed by atoms with Crippen molar-refractivity contribution in [3.8, 4) is 0 Å². The van der Waals surface area contributed by atoms with Crippen molar-refractivity contribution in [1.29, 1.82) is 0 Å². The summed E-state index contributed by atoms with van der Waals surface area (Å²) in [5.41, 5.74) is 3.35. The van der Waals surface area contributed by atoms with E-state index in [4.69, 9.17) is 0 Å². The maximum atomic E-state index is 11.7. The van der Waals surface area contributed by atoms with E-state index in [-0.39, 0.29) is 5.91 Å². The molecule has 0 bridgehead atoms. The highest BCUT2D eigenvalue weighted by Crippen LogP contribution is 2.10. The molecule has 1 aromatic heterocycles. The van der Waals surface area contributed by atoms with Gasteiger partial charge in [-0.25, -0.2) is 0 Å². The van der Waals surface area contributed by atoms with Crippen molar-refractivity contribution < 1.29 is 4.79 Å². The van der Waals surface area contributed by atoms with Crippen LogP contribution in [-0.4, -0.2) is 10.6 Å². The first-order chi connectivity index (χ1) is 7.25. The van der Waals surface area contributed by atoms with Crippen molar-refractivity contribution in [2.45, 2.75) is 0 Å². The summed E-state index contributed by atoms with van der Waals surface area (Å²) in [5.74, 6) is -0.126. The third kappa shape index (κ3) is 2.47. The molecule has 1 heterocycles. The predicted molar refractivity (Wildman–Crippen MR) is 62.3 cm³/mol. The number of halogens is 1. The van der Waals surface area contributed by atoms with Crippen molar-refractivity contribution in [3.63, 3.8) is 0 Å². The second kappa shape index (κ2) is 4.31. The van der Waals surface area contributed by atoms with Crippen molar-refractivity contribution in [1.82, 2.24) is 4.68 Å². The minimum atomic E-state index is -0.126. The number of amides is 1. The van der Waals surface area contributed by atoms with Gasteiger partial charge < -0.3 is 0 Å². The summed E-state index contributed by atoms with van der Waals surface area (Å²) in [6.07, 6.45) is 3.55. The Balaban J connectivity index is 2.11. The SMILES string of the molecule is O=C(Nn1cccc1)c1ccc(Br)cc1. The topological polar surface area (TPSA) is 34.0 Å². The van der Waals surface area contributed by atoms with E-state index in [1.807, 2.05) is 24.3 Å². The highest BCUT2D eigenvalue weighted by molar-refractivity contribution is 9.10. The number of aromatic nitrogens is 1. The Morgan fingerprint density at radius 1 is 1.13 bits per heavy atom. The monoisotopic (exact) mass is 264 g/mol. The zero-order valence-corrected chi connectivity index (χ0v) is 9.44. The molecule has 4 heteroatoms. The minimum Gasteiger partial charge on any atom is -0.268 e. The van der Waals surface area contributed by atoms with Gasteiger partial charge in [0.25, 0.3) is 5.91 Å². The lowest BCUT2D eigenvalue weighted by Crippen LogP contribution is -2.21. The molecule has 1 amide bonds. The van der Waals surface area contributed by atoms with E-state index >= 15 is 0 Å². The number of nitrogens with zero attached hydrogens (tertiary/aromatic N) is 1. The molecule has 2 aromatic rings. The average Bonchev–Trinajstić information content (AvgIpc) is 2.71. The Bertz CT molecular complexity index is 448. The van der Waals surface area contributed by atoms with Crippen LogP contribution in [0.15, 0.2) is 53.3 Å². The van der Waals surface area contributed by atoms with E-state index in [1.54, 1.807) is 29.2 Å². The van der Waals surface area contributed by atoms with Gasteiger partial charge in [-0.05, 0) is 36.4 Å².